The summed E-state index contributed by atoms with van der Waals surface area (Å²) in [6.45, 7) is 9.01. The van der Waals surface area contributed by atoms with Gasteiger partial charge in [0.1, 0.15) is 5.60 Å². The normalized spacial score (nSPS) is 20.3. The van der Waals surface area contributed by atoms with Gasteiger partial charge in [-0.25, -0.2) is 0 Å². The molecular weight excluding hydrogens is 286 g/mol. The topological polar surface area (TPSA) is 29.5 Å². The molecule has 1 aliphatic rings. The van der Waals surface area contributed by atoms with Crippen LogP contribution in [-0.4, -0.2) is 29.1 Å². The fourth-order valence-corrected chi connectivity index (χ4v) is 3.08. The van der Waals surface area contributed by atoms with Crippen molar-refractivity contribution in [3.8, 4) is 0 Å². The van der Waals surface area contributed by atoms with E-state index in [0.717, 1.165) is 19.4 Å². The van der Waals surface area contributed by atoms with Crippen LogP contribution in [0.15, 0.2) is 42.5 Å². The summed E-state index contributed by atoms with van der Waals surface area (Å²) in [6.07, 6.45) is 6.81. The van der Waals surface area contributed by atoms with Gasteiger partial charge in [0.25, 0.3) is 0 Å². The highest BCUT2D eigenvalue weighted by Gasteiger charge is 2.26. The maximum Gasteiger partial charge on any atom is 0.306 e. The van der Waals surface area contributed by atoms with Gasteiger partial charge in [-0.1, -0.05) is 42.5 Å². The molecule has 0 aromatic heterocycles. The summed E-state index contributed by atoms with van der Waals surface area (Å²) in [5, 5.41) is 0. The van der Waals surface area contributed by atoms with Crippen molar-refractivity contribution in [2.45, 2.75) is 64.6 Å². The predicted octanol–water partition coefficient (Wildman–Crippen LogP) is 4.50. The number of esters is 1. The van der Waals surface area contributed by atoms with Crippen molar-refractivity contribution in [2.24, 2.45) is 0 Å². The third-order valence-electron chi connectivity index (χ3n) is 4.18. The standard InChI is InChI=1S/C20H29NO2/c1-16(17-10-6-5-7-11-17)21-15-9-8-12-18(21)13-14-19(22)23-20(2,3)4/h5-8,10-12,16,18H,9,13-15H2,1-4H3/t16-,18?/m1/s1. The number of hydrogen-bond acceptors (Lipinski definition) is 3. The minimum Gasteiger partial charge on any atom is -0.460 e. The molecule has 1 aromatic carbocycles. The molecule has 0 radical (unpaired) electrons. The zero-order valence-electron chi connectivity index (χ0n) is 14.8. The van der Waals surface area contributed by atoms with Crippen LogP contribution in [0.5, 0.6) is 0 Å². The van der Waals surface area contributed by atoms with Gasteiger partial charge in [-0.2, -0.15) is 0 Å². The average Bonchev–Trinajstić information content (AvgIpc) is 2.52. The van der Waals surface area contributed by atoms with Crippen LogP contribution in [0.25, 0.3) is 0 Å². The molecule has 1 aliphatic heterocycles. The van der Waals surface area contributed by atoms with Gasteiger partial charge >= 0.3 is 5.97 Å². The fourth-order valence-electron chi connectivity index (χ4n) is 3.08. The van der Waals surface area contributed by atoms with Crippen LogP contribution in [-0.2, 0) is 9.53 Å². The third kappa shape index (κ3) is 5.51. The SMILES string of the molecule is C[C@H](c1ccccc1)N1CCC=CC1CCC(=O)OC(C)(C)C. The Kier molecular flexibility index (Phi) is 6.00. The number of nitrogens with zero attached hydrogens (tertiary/aromatic N) is 1. The maximum atomic E-state index is 12.0. The molecule has 0 bridgehead atoms. The van der Waals surface area contributed by atoms with Crippen LogP contribution < -0.4 is 0 Å². The molecule has 1 heterocycles. The number of carbonyl (C=O) groups is 1. The second-order valence-electron chi connectivity index (χ2n) is 7.23. The fraction of sp³-hybridized carbons (Fsp3) is 0.550. The Morgan fingerprint density at radius 2 is 2.00 bits per heavy atom. The van der Waals surface area contributed by atoms with E-state index in [1.165, 1.54) is 5.56 Å². The lowest BCUT2D eigenvalue weighted by Gasteiger charge is -2.37. The van der Waals surface area contributed by atoms with Gasteiger partial charge in [0, 0.05) is 25.0 Å². The quantitative estimate of drug-likeness (QED) is 0.592. The van der Waals surface area contributed by atoms with Crippen LogP contribution in [0.3, 0.4) is 0 Å². The molecule has 0 spiro atoms. The molecule has 0 N–H and O–H groups in total. The molecule has 2 rings (SSSR count). The molecule has 0 saturated carbocycles. The van der Waals surface area contributed by atoms with E-state index in [1.807, 2.05) is 26.8 Å². The Balaban J connectivity index is 1.97. The molecule has 0 fully saturated rings. The van der Waals surface area contributed by atoms with Crippen molar-refractivity contribution in [2.75, 3.05) is 6.54 Å². The van der Waals surface area contributed by atoms with Crippen LogP contribution in [0.4, 0.5) is 0 Å². The summed E-state index contributed by atoms with van der Waals surface area (Å²) in [5.74, 6) is -0.108. The van der Waals surface area contributed by atoms with E-state index in [4.69, 9.17) is 4.74 Å². The van der Waals surface area contributed by atoms with Crippen LogP contribution in [0, 0.1) is 0 Å². The molecule has 1 aromatic rings. The lowest BCUT2D eigenvalue weighted by Crippen LogP contribution is -2.39. The molecule has 126 valence electrons. The first-order valence-electron chi connectivity index (χ1n) is 8.56. The van der Waals surface area contributed by atoms with Crippen LogP contribution in [0.1, 0.15) is 58.6 Å². The Labute approximate surface area is 140 Å². The summed E-state index contributed by atoms with van der Waals surface area (Å²) in [4.78, 5) is 14.5. The second-order valence-corrected chi connectivity index (χ2v) is 7.23. The molecule has 3 heteroatoms. The van der Waals surface area contributed by atoms with Crippen molar-refractivity contribution in [3.05, 3.63) is 48.0 Å². The summed E-state index contributed by atoms with van der Waals surface area (Å²) in [5.41, 5.74) is 0.918. The predicted molar refractivity (Wildman–Crippen MR) is 94.2 cm³/mol. The van der Waals surface area contributed by atoms with Crippen LogP contribution in [0.2, 0.25) is 0 Å². The lowest BCUT2D eigenvalue weighted by atomic mass is 9.99. The molecule has 0 saturated heterocycles. The number of hydrogen-bond donors (Lipinski definition) is 0. The maximum absolute atomic E-state index is 12.0. The Morgan fingerprint density at radius 3 is 2.65 bits per heavy atom. The van der Waals surface area contributed by atoms with E-state index in [9.17, 15) is 4.79 Å². The first-order valence-corrected chi connectivity index (χ1v) is 8.56. The highest BCUT2D eigenvalue weighted by atomic mass is 16.6. The first kappa shape index (κ1) is 17.7. The molecule has 3 nitrogen and oxygen atoms in total. The monoisotopic (exact) mass is 315 g/mol. The van der Waals surface area contributed by atoms with E-state index in [0.29, 0.717) is 18.5 Å². The van der Waals surface area contributed by atoms with Gasteiger partial charge in [-0.3, -0.25) is 9.69 Å². The zero-order chi connectivity index (χ0) is 16.9. The lowest BCUT2D eigenvalue weighted by molar-refractivity contribution is -0.155. The van der Waals surface area contributed by atoms with E-state index >= 15 is 0 Å². The number of ether oxygens (including phenoxy) is 1. The highest BCUT2D eigenvalue weighted by molar-refractivity contribution is 5.69. The number of benzene rings is 1. The Bertz CT molecular complexity index is 530. The van der Waals surface area contributed by atoms with Gasteiger partial charge in [-0.05, 0) is 46.1 Å². The second kappa shape index (κ2) is 7.78. The molecule has 0 amide bonds. The van der Waals surface area contributed by atoms with Crippen molar-refractivity contribution >= 4 is 5.97 Å². The van der Waals surface area contributed by atoms with Crippen molar-refractivity contribution in [1.82, 2.24) is 4.90 Å². The van der Waals surface area contributed by atoms with E-state index in [-0.39, 0.29) is 5.97 Å². The molecular formula is C20H29NO2. The van der Waals surface area contributed by atoms with Gasteiger partial charge in [0.05, 0.1) is 0 Å². The summed E-state index contributed by atoms with van der Waals surface area (Å²) >= 11 is 0. The van der Waals surface area contributed by atoms with E-state index in [1.54, 1.807) is 0 Å². The van der Waals surface area contributed by atoms with E-state index < -0.39 is 5.60 Å². The summed E-state index contributed by atoms with van der Waals surface area (Å²) < 4.78 is 5.43. The van der Waals surface area contributed by atoms with Crippen molar-refractivity contribution in [3.63, 3.8) is 0 Å². The highest BCUT2D eigenvalue weighted by Crippen LogP contribution is 2.27. The molecule has 1 unspecified atom stereocenters. The van der Waals surface area contributed by atoms with Crippen molar-refractivity contribution < 1.29 is 9.53 Å². The molecule has 0 aliphatic carbocycles. The number of carbonyl (C=O) groups excluding carboxylic acids is 1. The number of rotatable bonds is 5. The summed E-state index contributed by atoms with van der Waals surface area (Å²) in [7, 11) is 0. The Hall–Kier alpha value is -1.61. The van der Waals surface area contributed by atoms with Crippen molar-refractivity contribution in [1.29, 1.82) is 0 Å². The summed E-state index contributed by atoms with van der Waals surface area (Å²) in [6, 6.07) is 11.2. The average molecular weight is 315 g/mol. The minimum absolute atomic E-state index is 0.108. The smallest absolute Gasteiger partial charge is 0.306 e. The minimum atomic E-state index is -0.406. The van der Waals surface area contributed by atoms with Gasteiger partial charge in [-0.15, -0.1) is 0 Å². The molecule has 2 atom stereocenters. The third-order valence-corrected chi connectivity index (χ3v) is 4.18. The first-order chi connectivity index (χ1) is 10.9. The largest absolute Gasteiger partial charge is 0.460 e. The van der Waals surface area contributed by atoms with Gasteiger partial charge < -0.3 is 4.74 Å². The van der Waals surface area contributed by atoms with Gasteiger partial charge in [0.15, 0.2) is 0 Å². The molecule has 23 heavy (non-hydrogen) atoms. The Morgan fingerprint density at radius 1 is 1.30 bits per heavy atom. The van der Waals surface area contributed by atoms with Gasteiger partial charge in [0.2, 0.25) is 0 Å². The van der Waals surface area contributed by atoms with Crippen LogP contribution >= 0.6 is 0 Å². The zero-order valence-corrected chi connectivity index (χ0v) is 14.8. The van der Waals surface area contributed by atoms with E-state index in [2.05, 4.69) is 48.2 Å².